The van der Waals surface area contributed by atoms with Crippen molar-refractivity contribution in [2.75, 3.05) is 26.2 Å². The zero-order valence-electron chi connectivity index (χ0n) is 24.4. The minimum absolute atomic E-state index is 0.0958. The highest BCUT2D eigenvalue weighted by Gasteiger charge is 2.44. The molecule has 0 saturated carbocycles. The third-order valence-corrected chi connectivity index (χ3v) is 6.70. The maximum atomic E-state index is 13.6. The summed E-state index contributed by atoms with van der Waals surface area (Å²) in [4.78, 5) is 54.2. The van der Waals surface area contributed by atoms with Crippen molar-refractivity contribution < 1.29 is 33.4 Å². The number of carbonyl (C=O) groups is 4. The minimum atomic E-state index is -0.807. The van der Waals surface area contributed by atoms with Crippen LogP contribution in [0.15, 0.2) is 18.2 Å². The van der Waals surface area contributed by atoms with Crippen molar-refractivity contribution in [1.29, 1.82) is 0 Å². The van der Waals surface area contributed by atoms with E-state index < -0.39 is 41.4 Å². The Morgan fingerprint density at radius 2 is 1.51 bits per heavy atom. The van der Waals surface area contributed by atoms with Gasteiger partial charge in [-0.2, -0.15) is 0 Å². The van der Waals surface area contributed by atoms with Crippen molar-refractivity contribution in [3.05, 3.63) is 28.2 Å². The molecular formula is C28H40Cl2N4O7. The summed E-state index contributed by atoms with van der Waals surface area (Å²) in [6, 6.07) is 3.71. The summed E-state index contributed by atoms with van der Waals surface area (Å²) in [5.74, 6) is -0.111. The van der Waals surface area contributed by atoms with E-state index in [-0.39, 0.29) is 31.5 Å². The topological polar surface area (TPSA) is 127 Å². The van der Waals surface area contributed by atoms with E-state index >= 15 is 0 Å². The number of ether oxygens (including phenoxy) is 3. The van der Waals surface area contributed by atoms with Gasteiger partial charge in [0.05, 0.1) is 0 Å². The Labute approximate surface area is 251 Å². The van der Waals surface area contributed by atoms with Gasteiger partial charge in [-0.05, 0) is 66.2 Å². The van der Waals surface area contributed by atoms with E-state index in [0.717, 1.165) is 0 Å². The zero-order valence-corrected chi connectivity index (χ0v) is 25.9. The molecule has 2 aliphatic rings. The van der Waals surface area contributed by atoms with Crippen molar-refractivity contribution in [1.82, 2.24) is 20.4 Å². The monoisotopic (exact) mass is 614 g/mol. The molecule has 2 fully saturated rings. The van der Waals surface area contributed by atoms with Crippen molar-refractivity contribution in [3.8, 4) is 5.75 Å². The lowest BCUT2D eigenvalue weighted by atomic mass is 10.0. The quantitative estimate of drug-likeness (QED) is 0.487. The molecule has 1 aromatic rings. The molecule has 41 heavy (non-hydrogen) atoms. The second-order valence-corrected chi connectivity index (χ2v) is 13.1. The van der Waals surface area contributed by atoms with E-state index in [4.69, 9.17) is 37.4 Å². The molecule has 2 atom stereocenters. The number of rotatable bonds is 6. The number of alkyl carbamates (subject to hydrolysis) is 1. The molecule has 0 bridgehead atoms. The lowest BCUT2D eigenvalue weighted by molar-refractivity contribution is -0.137. The molecule has 1 aromatic carbocycles. The van der Waals surface area contributed by atoms with Crippen LogP contribution in [0.3, 0.4) is 0 Å². The standard InChI is InChI=1S/C28H40Cl2N4O7/c1-27(2,3)40-25(37)31-15-23(35)32-19-14-22(34(16-19)26(38)41-28(4,5)6)24(36)33-9-7-20(8-10-33)39-21-12-17(29)11-18(30)13-21/h11-13,19-20,22H,7-10,14-16H2,1-6H3,(H,31,37)(H,32,35)/t19?,22-/m0/s1. The minimum Gasteiger partial charge on any atom is -0.490 e. The highest BCUT2D eigenvalue weighted by Crippen LogP contribution is 2.28. The lowest BCUT2D eigenvalue weighted by Gasteiger charge is -2.35. The second kappa shape index (κ2) is 13.4. The van der Waals surface area contributed by atoms with Gasteiger partial charge in [-0.15, -0.1) is 0 Å². The van der Waals surface area contributed by atoms with E-state index in [0.29, 0.717) is 41.7 Å². The molecule has 1 unspecified atom stereocenters. The molecule has 11 nitrogen and oxygen atoms in total. The lowest BCUT2D eigenvalue weighted by Crippen LogP contribution is -2.51. The summed E-state index contributed by atoms with van der Waals surface area (Å²) in [5, 5.41) is 6.17. The average Bonchev–Trinajstić information content (AvgIpc) is 3.24. The maximum absolute atomic E-state index is 13.6. The number of carbonyl (C=O) groups excluding carboxylic acids is 4. The van der Waals surface area contributed by atoms with E-state index in [9.17, 15) is 19.2 Å². The highest BCUT2D eigenvalue weighted by atomic mass is 35.5. The molecule has 0 aliphatic carbocycles. The summed E-state index contributed by atoms with van der Waals surface area (Å²) in [7, 11) is 0. The van der Waals surface area contributed by atoms with Gasteiger partial charge in [0.2, 0.25) is 11.8 Å². The Bertz CT molecular complexity index is 1110. The molecule has 2 aliphatic heterocycles. The molecule has 0 radical (unpaired) electrons. The Morgan fingerprint density at radius 3 is 2.07 bits per heavy atom. The first-order valence-corrected chi connectivity index (χ1v) is 14.4. The van der Waals surface area contributed by atoms with Crippen LogP contribution >= 0.6 is 23.2 Å². The molecule has 2 saturated heterocycles. The average molecular weight is 616 g/mol. The van der Waals surface area contributed by atoms with Gasteiger partial charge < -0.3 is 29.7 Å². The van der Waals surface area contributed by atoms with Crippen molar-refractivity contribution in [2.24, 2.45) is 0 Å². The number of hydrogen-bond donors (Lipinski definition) is 2. The van der Waals surface area contributed by atoms with E-state index in [1.54, 1.807) is 64.6 Å². The third kappa shape index (κ3) is 10.5. The van der Waals surface area contributed by atoms with Crippen molar-refractivity contribution in [2.45, 2.75) is 90.2 Å². The first-order valence-electron chi connectivity index (χ1n) is 13.7. The van der Waals surface area contributed by atoms with Gasteiger partial charge in [-0.3, -0.25) is 14.5 Å². The SMILES string of the molecule is CC(C)(C)OC(=O)NCC(=O)NC1C[C@@H](C(=O)N2CCC(Oc3cc(Cl)cc(Cl)c3)CC2)N(C(=O)OC(C)(C)C)C1. The fourth-order valence-corrected chi connectivity index (χ4v) is 5.14. The number of halogens is 2. The van der Waals surface area contributed by atoms with Crippen LogP contribution in [-0.2, 0) is 19.1 Å². The Hall–Kier alpha value is -2.92. The van der Waals surface area contributed by atoms with E-state index in [1.165, 1.54) is 4.90 Å². The highest BCUT2D eigenvalue weighted by molar-refractivity contribution is 6.34. The summed E-state index contributed by atoms with van der Waals surface area (Å²) < 4.78 is 16.7. The second-order valence-electron chi connectivity index (χ2n) is 12.3. The molecule has 2 N–H and O–H groups in total. The van der Waals surface area contributed by atoms with E-state index in [1.807, 2.05) is 0 Å². The fraction of sp³-hybridized carbons (Fsp3) is 0.643. The van der Waals surface area contributed by atoms with Crippen molar-refractivity contribution >= 4 is 47.2 Å². The molecule has 0 spiro atoms. The predicted molar refractivity (Wildman–Crippen MR) is 154 cm³/mol. The summed E-state index contributed by atoms with van der Waals surface area (Å²) in [6.07, 6.45) is -0.0717. The zero-order chi connectivity index (χ0) is 30.5. The maximum Gasteiger partial charge on any atom is 0.411 e. The summed E-state index contributed by atoms with van der Waals surface area (Å²) >= 11 is 12.1. The molecule has 4 amide bonds. The van der Waals surface area contributed by atoms with Crippen LogP contribution in [0.5, 0.6) is 5.75 Å². The molecule has 3 rings (SSSR count). The van der Waals surface area contributed by atoms with Gasteiger partial charge in [-0.25, -0.2) is 9.59 Å². The van der Waals surface area contributed by atoms with Gasteiger partial charge in [-0.1, -0.05) is 23.2 Å². The molecule has 13 heteroatoms. The van der Waals surface area contributed by atoms with Gasteiger partial charge >= 0.3 is 12.2 Å². The number of nitrogens with one attached hydrogen (secondary N) is 2. The largest absolute Gasteiger partial charge is 0.490 e. The third-order valence-electron chi connectivity index (χ3n) is 6.26. The van der Waals surface area contributed by atoms with Crippen LogP contribution in [0.2, 0.25) is 10.0 Å². The van der Waals surface area contributed by atoms with Gasteiger partial charge in [0, 0.05) is 48.6 Å². The van der Waals surface area contributed by atoms with Gasteiger partial charge in [0.15, 0.2) is 0 Å². The van der Waals surface area contributed by atoms with Gasteiger partial charge in [0.1, 0.15) is 35.6 Å². The molecule has 228 valence electrons. The Morgan fingerprint density at radius 1 is 0.927 bits per heavy atom. The van der Waals surface area contributed by atoms with Crippen LogP contribution in [0.25, 0.3) is 0 Å². The predicted octanol–water partition coefficient (Wildman–Crippen LogP) is 4.38. The molecular weight excluding hydrogens is 575 g/mol. The molecule has 0 aromatic heterocycles. The van der Waals surface area contributed by atoms with E-state index in [2.05, 4.69) is 10.6 Å². The number of likely N-dealkylation sites (tertiary alicyclic amines) is 2. The van der Waals surface area contributed by atoms with Crippen LogP contribution in [0.1, 0.15) is 60.8 Å². The van der Waals surface area contributed by atoms with Crippen LogP contribution < -0.4 is 15.4 Å². The fourth-order valence-electron chi connectivity index (χ4n) is 4.64. The Kier molecular flexibility index (Phi) is 10.6. The first kappa shape index (κ1) is 32.6. The van der Waals surface area contributed by atoms with Crippen LogP contribution in [0, 0.1) is 0 Å². The smallest absolute Gasteiger partial charge is 0.411 e. The van der Waals surface area contributed by atoms with Crippen LogP contribution in [0.4, 0.5) is 9.59 Å². The normalized spacial score (nSPS) is 19.9. The summed E-state index contributed by atoms with van der Waals surface area (Å²) in [6.45, 7) is 11.1. The molecule has 2 heterocycles. The first-order chi connectivity index (χ1) is 19.0. The number of piperidine rings is 1. The number of nitrogens with zero attached hydrogens (tertiary/aromatic N) is 2. The van der Waals surface area contributed by atoms with Gasteiger partial charge in [0.25, 0.3) is 0 Å². The number of benzene rings is 1. The Balaban J connectivity index is 1.60. The summed E-state index contributed by atoms with van der Waals surface area (Å²) in [5.41, 5.74) is -1.46. The number of amides is 4. The number of hydrogen-bond acceptors (Lipinski definition) is 7. The van der Waals surface area contributed by atoms with Crippen molar-refractivity contribution in [3.63, 3.8) is 0 Å². The van der Waals surface area contributed by atoms with Crippen LogP contribution in [-0.4, -0.2) is 89.4 Å².